The minimum absolute atomic E-state index is 0.181. The summed E-state index contributed by atoms with van der Waals surface area (Å²) in [5, 5.41) is 3.70. The van der Waals surface area contributed by atoms with Crippen molar-refractivity contribution in [3.8, 4) is 0 Å². The molecule has 0 aliphatic rings. The third-order valence-electron chi connectivity index (χ3n) is 2.23. The van der Waals surface area contributed by atoms with E-state index < -0.39 is 0 Å². The van der Waals surface area contributed by atoms with Gasteiger partial charge in [0.25, 0.3) is 0 Å². The maximum atomic E-state index is 10.9. The van der Waals surface area contributed by atoms with Crippen molar-refractivity contribution < 1.29 is 4.79 Å². The Morgan fingerprint density at radius 3 is 2.69 bits per heavy atom. The van der Waals surface area contributed by atoms with Crippen molar-refractivity contribution in [2.24, 2.45) is 0 Å². The van der Waals surface area contributed by atoms with Crippen LogP contribution in [0.25, 0.3) is 0 Å². The molecule has 0 aromatic heterocycles. The first-order valence-corrected chi connectivity index (χ1v) is 5.66. The van der Waals surface area contributed by atoms with Crippen molar-refractivity contribution >= 4 is 23.6 Å². The molecule has 0 saturated carbocycles. The quantitative estimate of drug-likeness (QED) is 0.612. The van der Waals surface area contributed by atoms with Crippen molar-refractivity contribution in [3.05, 3.63) is 28.8 Å². The minimum atomic E-state index is -0.181. The average molecular weight is 241 g/mol. The number of nitrogens with one attached hydrogen (secondary N) is 1. The first kappa shape index (κ1) is 13.0. The molecule has 0 bridgehead atoms. The van der Waals surface area contributed by atoms with Crippen molar-refractivity contribution in [3.63, 3.8) is 0 Å². The van der Waals surface area contributed by atoms with E-state index in [0.29, 0.717) is 17.1 Å². The largest absolute Gasteiger partial charge is 0.398 e. The maximum absolute atomic E-state index is 10.9. The second kappa shape index (κ2) is 5.87. The second-order valence-electron chi connectivity index (χ2n) is 4.12. The van der Waals surface area contributed by atoms with Crippen LogP contribution in [-0.4, -0.2) is 18.4 Å². The van der Waals surface area contributed by atoms with Crippen LogP contribution in [0.4, 0.5) is 5.69 Å². The summed E-state index contributed by atoms with van der Waals surface area (Å²) in [6.07, 6.45) is 1.55. The van der Waals surface area contributed by atoms with E-state index in [-0.39, 0.29) is 12.1 Å². The molecule has 3 N–H and O–H groups in total. The Hall–Kier alpha value is -1.06. The highest BCUT2D eigenvalue weighted by Gasteiger charge is 2.10. The Bertz CT molecular complexity index is 366. The first-order valence-electron chi connectivity index (χ1n) is 5.28. The van der Waals surface area contributed by atoms with Crippen LogP contribution in [0.3, 0.4) is 0 Å². The van der Waals surface area contributed by atoms with E-state index in [4.69, 9.17) is 17.3 Å². The van der Waals surface area contributed by atoms with E-state index in [9.17, 15) is 4.79 Å². The van der Waals surface area contributed by atoms with Crippen LogP contribution in [0.15, 0.2) is 18.2 Å². The van der Waals surface area contributed by atoms with Gasteiger partial charge in [-0.3, -0.25) is 0 Å². The lowest BCUT2D eigenvalue weighted by atomic mass is 10.1. The molecule has 1 atom stereocenters. The summed E-state index contributed by atoms with van der Waals surface area (Å²) >= 11 is 5.91. The SMILES string of the molecule is CC(C)NC(C=O)Cc1ccc(N)c(Cl)c1. The lowest BCUT2D eigenvalue weighted by Gasteiger charge is -2.15. The van der Waals surface area contributed by atoms with Crippen LogP contribution in [0.2, 0.25) is 5.02 Å². The van der Waals surface area contributed by atoms with E-state index in [0.717, 1.165) is 11.8 Å². The maximum Gasteiger partial charge on any atom is 0.137 e. The highest BCUT2D eigenvalue weighted by molar-refractivity contribution is 6.33. The molecule has 0 amide bonds. The minimum Gasteiger partial charge on any atom is -0.398 e. The van der Waals surface area contributed by atoms with Gasteiger partial charge < -0.3 is 15.8 Å². The number of hydrogen-bond donors (Lipinski definition) is 2. The average Bonchev–Trinajstić information content (AvgIpc) is 2.22. The summed E-state index contributed by atoms with van der Waals surface area (Å²) in [4.78, 5) is 10.9. The van der Waals surface area contributed by atoms with Crippen LogP contribution in [-0.2, 0) is 11.2 Å². The fourth-order valence-corrected chi connectivity index (χ4v) is 1.73. The van der Waals surface area contributed by atoms with Crippen molar-refractivity contribution in [2.75, 3.05) is 5.73 Å². The molecule has 1 unspecified atom stereocenters. The number of nitrogens with two attached hydrogens (primary N) is 1. The van der Waals surface area contributed by atoms with Gasteiger partial charge in [-0.25, -0.2) is 0 Å². The van der Waals surface area contributed by atoms with Crippen molar-refractivity contribution in [1.82, 2.24) is 5.32 Å². The van der Waals surface area contributed by atoms with E-state index in [1.54, 1.807) is 12.1 Å². The topological polar surface area (TPSA) is 55.1 Å². The predicted octanol–water partition coefficient (Wildman–Crippen LogP) is 2.03. The van der Waals surface area contributed by atoms with Crippen LogP contribution in [0, 0.1) is 0 Å². The molecule has 4 heteroatoms. The Balaban J connectivity index is 2.70. The highest BCUT2D eigenvalue weighted by atomic mass is 35.5. The Labute approximate surface area is 101 Å². The molecule has 0 radical (unpaired) electrons. The van der Waals surface area contributed by atoms with Gasteiger partial charge in [-0.15, -0.1) is 0 Å². The fraction of sp³-hybridized carbons (Fsp3) is 0.417. The van der Waals surface area contributed by atoms with Gasteiger partial charge in [0.05, 0.1) is 16.8 Å². The van der Waals surface area contributed by atoms with Crippen molar-refractivity contribution in [2.45, 2.75) is 32.4 Å². The Kier molecular flexibility index (Phi) is 4.77. The van der Waals surface area contributed by atoms with Gasteiger partial charge in [0.2, 0.25) is 0 Å². The molecular weight excluding hydrogens is 224 g/mol. The summed E-state index contributed by atoms with van der Waals surface area (Å²) < 4.78 is 0. The van der Waals surface area contributed by atoms with Gasteiger partial charge in [0.15, 0.2) is 0 Å². The third-order valence-corrected chi connectivity index (χ3v) is 2.56. The molecule has 1 aromatic rings. The van der Waals surface area contributed by atoms with Gasteiger partial charge in [0.1, 0.15) is 6.29 Å². The Morgan fingerprint density at radius 2 is 2.19 bits per heavy atom. The normalized spacial score (nSPS) is 12.8. The number of anilines is 1. The predicted molar refractivity (Wildman–Crippen MR) is 67.7 cm³/mol. The summed E-state index contributed by atoms with van der Waals surface area (Å²) in [6, 6.07) is 5.54. The van der Waals surface area contributed by atoms with Gasteiger partial charge in [0, 0.05) is 6.04 Å². The highest BCUT2D eigenvalue weighted by Crippen LogP contribution is 2.20. The van der Waals surface area contributed by atoms with E-state index in [1.165, 1.54) is 0 Å². The summed E-state index contributed by atoms with van der Waals surface area (Å²) in [7, 11) is 0. The van der Waals surface area contributed by atoms with Gasteiger partial charge in [-0.05, 0) is 24.1 Å². The van der Waals surface area contributed by atoms with Gasteiger partial charge in [-0.2, -0.15) is 0 Å². The van der Waals surface area contributed by atoms with Gasteiger partial charge >= 0.3 is 0 Å². The van der Waals surface area contributed by atoms with E-state index in [2.05, 4.69) is 5.32 Å². The number of carbonyl (C=O) groups is 1. The molecule has 0 heterocycles. The van der Waals surface area contributed by atoms with E-state index in [1.807, 2.05) is 19.9 Å². The zero-order chi connectivity index (χ0) is 12.1. The molecule has 0 aliphatic carbocycles. The van der Waals surface area contributed by atoms with Crippen LogP contribution < -0.4 is 11.1 Å². The second-order valence-corrected chi connectivity index (χ2v) is 4.53. The zero-order valence-corrected chi connectivity index (χ0v) is 10.3. The molecule has 1 rings (SSSR count). The molecule has 0 saturated heterocycles. The van der Waals surface area contributed by atoms with Crippen LogP contribution >= 0.6 is 11.6 Å². The lowest BCUT2D eigenvalue weighted by molar-refractivity contribution is -0.109. The summed E-state index contributed by atoms with van der Waals surface area (Å²) in [6.45, 7) is 4.01. The number of nitrogen functional groups attached to an aromatic ring is 1. The Morgan fingerprint density at radius 1 is 1.50 bits per heavy atom. The molecule has 3 nitrogen and oxygen atoms in total. The number of rotatable bonds is 5. The number of aldehydes is 1. The number of halogens is 1. The number of carbonyl (C=O) groups excluding carboxylic acids is 1. The van der Waals surface area contributed by atoms with Crippen LogP contribution in [0.5, 0.6) is 0 Å². The molecular formula is C12H17ClN2O. The van der Waals surface area contributed by atoms with E-state index >= 15 is 0 Å². The lowest BCUT2D eigenvalue weighted by Crippen LogP contribution is -2.37. The monoisotopic (exact) mass is 240 g/mol. The molecule has 16 heavy (non-hydrogen) atoms. The molecule has 88 valence electrons. The standard InChI is InChI=1S/C12H17ClN2O/c1-8(2)15-10(7-16)5-9-3-4-12(14)11(13)6-9/h3-4,6-8,10,15H,5,14H2,1-2H3. The number of hydrogen-bond acceptors (Lipinski definition) is 3. The molecule has 0 spiro atoms. The van der Waals surface area contributed by atoms with Crippen molar-refractivity contribution in [1.29, 1.82) is 0 Å². The number of benzene rings is 1. The molecule has 1 aromatic carbocycles. The van der Waals surface area contributed by atoms with Crippen LogP contribution in [0.1, 0.15) is 19.4 Å². The zero-order valence-electron chi connectivity index (χ0n) is 9.53. The molecule has 0 aliphatic heterocycles. The summed E-state index contributed by atoms with van der Waals surface area (Å²) in [5.41, 5.74) is 7.18. The summed E-state index contributed by atoms with van der Waals surface area (Å²) in [5.74, 6) is 0. The smallest absolute Gasteiger partial charge is 0.137 e. The van der Waals surface area contributed by atoms with Gasteiger partial charge in [-0.1, -0.05) is 31.5 Å². The first-order chi connectivity index (χ1) is 7.52. The molecule has 0 fully saturated rings. The third kappa shape index (κ3) is 3.83. The fourth-order valence-electron chi connectivity index (χ4n) is 1.53.